The van der Waals surface area contributed by atoms with Crippen molar-refractivity contribution in [3.63, 3.8) is 0 Å². The number of Topliss-reactive ketones (excluding diaryl/α,β-unsaturated/α-hetero) is 1. The van der Waals surface area contributed by atoms with Crippen molar-refractivity contribution in [2.45, 2.75) is 36.2 Å². The molecular formula is C22H22F4N4O3S. The third-order valence-electron chi connectivity index (χ3n) is 5.98. The van der Waals surface area contributed by atoms with E-state index in [4.69, 9.17) is 10.5 Å². The molecule has 3 atom stereocenters. The average molecular weight is 499 g/mol. The van der Waals surface area contributed by atoms with Gasteiger partial charge in [0.25, 0.3) is 0 Å². The minimum atomic E-state index is -4.51. The number of carbonyl (C=O) groups is 1. The van der Waals surface area contributed by atoms with Gasteiger partial charge < -0.3 is 15.2 Å². The number of fused-ring (bicyclic) bond motifs is 1. The third kappa shape index (κ3) is 4.88. The van der Waals surface area contributed by atoms with Crippen LogP contribution in [-0.2, 0) is 16.7 Å². The van der Waals surface area contributed by atoms with Crippen LogP contribution in [0, 0.1) is 11.7 Å². The summed E-state index contributed by atoms with van der Waals surface area (Å²) in [6, 6.07) is 4.38. The molecule has 1 aliphatic heterocycles. The molecule has 7 nitrogen and oxygen atoms in total. The van der Waals surface area contributed by atoms with Gasteiger partial charge in [0.1, 0.15) is 11.5 Å². The van der Waals surface area contributed by atoms with Gasteiger partial charge in [0.05, 0.1) is 29.3 Å². The van der Waals surface area contributed by atoms with Crippen LogP contribution in [0.4, 0.5) is 17.6 Å². The van der Waals surface area contributed by atoms with Gasteiger partial charge in [-0.3, -0.25) is 9.79 Å². The summed E-state index contributed by atoms with van der Waals surface area (Å²) in [6.07, 6.45) is -1.85. The van der Waals surface area contributed by atoms with Gasteiger partial charge in [-0.1, -0.05) is 17.8 Å². The number of ether oxygens (including phenoxy) is 2. The highest BCUT2D eigenvalue weighted by Gasteiger charge is 2.66. The first kappa shape index (κ1) is 24.4. The largest absolute Gasteiger partial charge is 0.467 e. The Labute approximate surface area is 197 Å². The zero-order valence-corrected chi connectivity index (χ0v) is 19.2. The standard InChI is InChI=1S/C22H22F4N4O3S/c1-20(17-7-21(17,10-32-2)34-19(27)30-20)13-5-12(3-4-14(13)23)6-16(31)15-8-29-18(9-28-15)33-11-22(24,25)26/h3-5,8-9,17H,6-7,10-11H2,1-2H3,(H2,27,30)/t17-,20+,21+/m0/s1. The van der Waals surface area contributed by atoms with E-state index in [-0.39, 0.29) is 28.7 Å². The van der Waals surface area contributed by atoms with Crippen LogP contribution in [0.25, 0.3) is 0 Å². The summed E-state index contributed by atoms with van der Waals surface area (Å²) < 4.78 is 61.3. The Morgan fingerprint density at radius 2 is 2.06 bits per heavy atom. The van der Waals surface area contributed by atoms with Crippen LogP contribution < -0.4 is 10.5 Å². The van der Waals surface area contributed by atoms with Gasteiger partial charge in [0, 0.05) is 25.0 Å². The second kappa shape index (κ2) is 8.81. The number of hydrogen-bond donors (Lipinski definition) is 1. The van der Waals surface area contributed by atoms with Crippen molar-refractivity contribution < 1.29 is 31.8 Å². The van der Waals surface area contributed by atoms with E-state index in [1.54, 1.807) is 13.2 Å². The maximum absolute atomic E-state index is 14.9. The number of aromatic nitrogens is 2. The molecule has 1 aromatic carbocycles. The van der Waals surface area contributed by atoms with Crippen LogP contribution >= 0.6 is 11.8 Å². The van der Waals surface area contributed by atoms with Crippen molar-refractivity contribution in [1.29, 1.82) is 0 Å². The maximum Gasteiger partial charge on any atom is 0.422 e. The number of alkyl halides is 3. The predicted octanol–water partition coefficient (Wildman–Crippen LogP) is 3.66. The van der Waals surface area contributed by atoms with E-state index >= 15 is 0 Å². The van der Waals surface area contributed by atoms with Gasteiger partial charge in [-0.2, -0.15) is 13.2 Å². The Kier molecular flexibility index (Phi) is 6.32. The molecule has 1 fully saturated rings. The van der Waals surface area contributed by atoms with Gasteiger partial charge >= 0.3 is 6.18 Å². The van der Waals surface area contributed by atoms with E-state index in [1.165, 1.54) is 23.9 Å². The highest BCUT2D eigenvalue weighted by Crippen LogP contribution is 2.65. The molecule has 4 rings (SSSR count). The summed E-state index contributed by atoms with van der Waals surface area (Å²) in [6.45, 7) is 0.788. The summed E-state index contributed by atoms with van der Waals surface area (Å²) in [5.74, 6) is -1.21. The number of nitrogens with two attached hydrogens (primary N) is 1. The molecule has 182 valence electrons. The highest BCUT2D eigenvalue weighted by molar-refractivity contribution is 8.15. The fourth-order valence-corrected chi connectivity index (χ4v) is 5.82. The summed E-state index contributed by atoms with van der Waals surface area (Å²) in [4.78, 5) is 24.8. The fourth-order valence-electron chi connectivity index (χ4n) is 4.37. The van der Waals surface area contributed by atoms with Gasteiger partial charge in [-0.05, 0) is 31.0 Å². The topological polar surface area (TPSA) is 99.7 Å². The Morgan fingerprint density at radius 1 is 1.29 bits per heavy atom. The van der Waals surface area contributed by atoms with E-state index in [1.807, 2.05) is 6.92 Å². The maximum atomic E-state index is 14.9. The number of rotatable bonds is 8. The predicted molar refractivity (Wildman–Crippen MR) is 117 cm³/mol. The average Bonchev–Trinajstić information content (AvgIpc) is 3.48. The summed E-state index contributed by atoms with van der Waals surface area (Å²) in [5, 5.41) is 0.359. The molecule has 2 aromatic rings. The molecular weight excluding hydrogens is 476 g/mol. The SMILES string of the molecule is COC[C@]12C[C@H]1[C@@](C)(c1cc(CC(=O)c3cnc(OCC(F)(F)F)cn3)ccc1F)N=C(N)S2. The van der Waals surface area contributed by atoms with E-state index in [0.717, 1.165) is 18.8 Å². The summed E-state index contributed by atoms with van der Waals surface area (Å²) >= 11 is 1.45. The molecule has 2 heterocycles. The highest BCUT2D eigenvalue weighted by atomic mass is 32.2. The van der Waals surface area contributed by atoms with Crippen molar-refractivity contribution in [2.75, 3.05) is 20.3 Å². The first-order valence-electron chi connectivity index (χ1n) is 10.3. The first-order valence-corrected chi connectivity index (χ1v) is 11.1. The number of halogens is 4. The normalized spacial score (nSPS) is 25.9. The van der Waals surface area contributed by atoms with Crippen LogP contribution in [0.2, 0.25) is 0 Å². The number of amidine groups is 1. The van der Waals surface area contributed by atoms with Crippen molar-refractivity contribution >= 4 is 22.7 Å². The zero-order valence-electron chi connectivity index (χ0n) is 18.4. The van der Waals surface area contributed by atoms with E-state index in [9.17, 15) is 22.4 Å². The summed E-state index contributed by atoms with van der Waals surface area (Å²) in [7, 11) is 1.61. The second-order valence-corrected chi connectivity index (χ2v) is 9.95. The lowest BCUT2D eigenvalue weighted by Gasteiger charge is -2.34. The molecule has 0 unspecified atom stereocenters. The zero-order chi connectivity index (χ0) is 24.7. The number of thioether (sulfide) groups is 1. The molecule has 0 spiro atoms. The first-order chi connectivity index (χ1) is 16.0. The number of nitrogens with zero attached hydrogens (tertiary/aromatic N) is 3. The number of benzene rings is 1. The van der Waals surface area contributed by atoms with Gasteiger partial charge in [-0.25, -0.2) is 14.4 Å². The van der Waals surface area contributed by atoms with Crippen LogP contribution in [0.3, 0.4) is 0 Å². The molecule has 0 amide bonds. The third-order valence-corrected chi connectivity index (χ3v) is 7.26. The fraction of sp³-hybridized carbons (Fsp3) is 0.455. The van der Waals surface area contributed by atoms with E-state index in [0.29, 0.717) is 22.9 Å². The van der Waals surface area contributed by atoms with E-state index in [2.05, 4.69) is 19.7 Å². The number of aliphatic imine (C=N–C) groups is 1. The second-order valence-electron chi connectivity index (χ2n) is 8.51. The van der Waals surface area contributed by atoms with Gasteiger partial charge in [0.15, 0.2) is 17.6 Å². The lowest BCUT2D eigenvalue weighted by atomic mass is 9.84. The Balaban J connectivity index is 1.52. The molecule has 0 radical (unpaired) electrons. The van der Waals surface area contributed by atoms with Gasteiger partial charge in [0.2, 0.25) is 5.88 Å². The number of methoxy groups -OCH3 is 1. The van der Waals surface area contributed by atoms with Crippen LogP contribution in [-0.4, -0.2) is 52.2 Å². The van der Waals surface area contributed by atoms with Gasteiger partial charge in [-0.15, -0.1) is 0 Å². The minimum absolute atomic E-state index is 0.0211. The van der Waals surface area contributed by atoms with Crippen LogP contribution in [0.15, 0.2) is 35.6 Å². The lowest BCUT2D eigenvalue weighted by molar-refractivity contribution is -0.154. The smallest absolute Gasteiger partial charge is 0.422 e. The molecule has 12 heteroatoms. The molecule has 1 aromatic heterocycles. The molecule has 1 saturated carbocycles. The van der Waals surface area contributed by atoms with Crippen molar-refractivity contribution in [1.82, 2.24) is 9.97 Å². The monoisotopic (exact) mass is 498 g/mol. The molecule has 2 N–H and O–H groups in total. The van der Waals surface area contributed by atoms with E-state index < -0.39 is 29.9 Å². The molecule has 0 bridgehead atoms. The van der Waals surface area contributed by atoms with Crippen LogP contribution in [0.5, 0.6) is 5.88 Å². The minimum Gasteiger partial charge on any atom is -0.467 e. The number of carbonyl (C=O) groups excluding carboxylic acids is 1. The molecule has 2 aliphatic rings. The Morgan fingerprint density at radius 3 is 2.71 bits per heavy atom. The molecule has 0 saturated heterocycles. The Bertz CT molecular complexity index is 1130. The summed E-state index contributed by atoms with van der Waals surface area (Å²) in [5.41, 5.74) is 5.99. The quantitative estimate of drug-likeness (QED) is 0.438. The van der Waals surface area contributed by atoms with Crippen molar-refractivity contribution in [3.05, 3.63) is 53.2 Å². The molecule has 34 heavy (non-hydrogen) atoms. The van der Waals surface area contributed by atoms with Crippen molar-refractivity contribution in [3.8, 4) is 5.88 Å². The number of ketones is 1. The molecule has 1 aliphatic carbocycles. The van der Waals surface area contributed by atoms with Crippen LogP contribution in [0.1, 0.15) is 35.0 Å². The Hall–Kier alpha value is -2.73. The van der Waals surface area contributed by atoms with Crippen molar-refractivity contribution in [2.24, 2.45) is 16.6 Å². The lowest BCUT2D eigenvalue weighted by Crippen LogP contribution is -2.37. The number of hydrogen-bond acceptors (Lipinski definition) is 8.